The van der Waals surface area contributed by atoms with Crippen LogP contribution in [0, 0.1) is 17.8 Å². The molecule has 3 aliphatic rings. The van der Waals surface area contributed by atoms with Gasteiger partial charge in [0.1, 0.15) is 0 Å². The summed E-state index contributed by atoms with van der Waals surface area (Å²) in [7, 11) is 0. The summed E-state index contributed by atoms with van der Waals surface area (Å²) in [6.45, 7) is 0. The highest BCUT2D eigenvalue weighted by Crippen LogP contribution is 2.56. The molecule has 4 atom stereocenters. The van der Waals surface area contributed by atoms with Gasteiger partial charge in [-0.1, -0.05) is 31.4 Å². The molecule has 0 aromatic rings. The normalized spacial score (nSPS) is 34.4. The Kier molecular flexibility index (Phi) is 6.50. The standard InChI is InChI=1S/C20H32O2S/c21-19(22)11-7-2-1-6-10-18-15-12-13-16(14-15)20(18)23-17-8-4-3-5-9-17/h1,6,15-18,20H,2-5,7-14H2,(H,21,22)/t15-,16+,18-,20+/m0/s1. The summed E-state index contributed by atoms with van der Waals surface area (Å²) in [5.41, 5.74) is 0. The lowest BCUT2D eigenvalue weighted by Gasteiger charge is -2.34. The van der Waals surface area contributed by atoms with Crippen molar-refractivity contribution < 1.29 is 9.90 Å². The molecule has 0 spiro atoms. The number of hydrogen-bond acceptors (Lipinski definition) is 2. The molecule has 3 saturated carbocycles. The number of rotatable bonds is 8. The predicted octanol–water partition coefficient (Wildman–Crippen LogP) is 5.67. The summed E-state index contributed by atoms with van der Waals surface area (Å²) in [5.74, 6) is 2.20. The Morgan fingerprint density at radius 2 is 1.83 bits per heavy atom. The van der Waals surface area contributed by atoms with Gasteiger partial charge in [-0.25, -0.2) is 0 Å². The summed E-state index contributed by atoms with van der Waals surface area (Å²) in [5, 5.41) is 10.5. The van der Waals surface area contributed by atoms with E-state index in [1.807, 2.05) is 0 Å². The highest BCUT2D eigenvalue weighted by molar-refractivity contribution is 8.00. The van der Waals surface area contributed by atoms with E-state index in [-0.39, 0.29) is 0 Å². The number of unbranched alkanes of at least 4 members (excludes halogenated alkanes) is 1. The molecule has 0 saturated heterocycles. The van der Waals surface area contributed by atoms with Crippen LogP contribution >= 0.6 is 11.8 Å². The second kappa shape index (κ2) is 8.60. The van der Waals surface area contributed by atoms with Crippen molar-refractivity contribution in [3.8, 4) is 0 Å². The molecule has 2 bridgehead atoms. The first-order valence-electron chi connectivity index (χ1n) is 9.76. The van der Waals surface area contributed by atoms with Crippen LogP contribution in [-0.4, -0.2) is 21.6 Å². The van der Waals surface area contributed by atoms with E-state index < -0.39 is 5.97 Å². The van der Waals surface area contributed by atoms with Gasteiger partial charge >= 0.3 is 5.97 Å². The van der Waals surface area contributed by atoms with E-state index in [9.17, 15) is 4.79 Å². The molecule has 0 heterocycles. The zero-order valence-electron chi connectivity index (χ0n) is 14.3. The van der Waals surface area contributed by atoms with Gasteiger partial charge in [0.2, 0.25) is 0 Å². The third-order valence-corrected chi connectivity index (χ3v) is 8.15. The maximum atomic E-state index is 10.5. The Labute approximate surface area is 145 Å². The molecule has 0 aromatic carbocycles. The molecule has 3 fully saturated rings. The Hall–Kier alpha value is -0.440. The average Bonchev–Trinajstić information content (AvgIpc) is 3.14. The lowest BCUT2D eigenvalue weighted by Crippen LogP contribution is -2.27. The van der Waals surface area contributed by atoms with Crippen LogP contribution in [0.25, 0.3) is 0 Å². The highest BCUT2D eigenvalue weighted by atomic mass is 32.2. The first kappa shape index (κ1) is 17.4. The van der Waals surface area contributed by atoms with E-state index >= 15 is 0 Å². The molecule has 0 unspecified atom stereocenters. The van der Waals surface area contributed by atoms with Gasteiger partial charge in [-0.3, -0.25) is 4.79 Å². The topological polar surface area (TPSA) is 37.3 Å². The molecule has 130 valence electrons. The minimum atomic E-state index is -0.671. The zero-order chi connectivity index (χ0) is 16.1. The summed E-state index contributed by atoms with van der Waals surface area (Å²) in [4.78, 5) is 10.5. The number of carboxylic acid groups (broad SMARTS) is 1. The van der Waals surface area contributed by atoms with Gasteiger partial charge < -0.3 is 5.11 Å². The summed E-state index contributed by atoms with van der Waals surface area (Å²) in [6, 6.07) is 0. The van der Waals surface area contributed by atoms with Crippen molar-refractivity contribution in [2.24, 2.45) is 17.8 Å². The quantitative estimate of drug-likeness (QED) is 0.458. The monoisotopic (exact) mass is 336 g/mol. The largest absolute Gasteiger partial charge is 0.481 e. The van der Waals surface area contributed by atoms with Gasteiger partial charge in [-0.15, -0.1) is 0 Å². The molecule has 1 N–H and O–H groups in total. The van der Waals surface area contributed by atoms with Gasteiger partial charge in [0.15, 0.2) is 0 Å². The number of carbonyl (C=O) groups is 1. The van der Waals surface area contributed by atoms with Crippen LogP contribution in [0.5, 0.6) is 0 Å². The molecule has 3 rings (SSSR count). The van der Waals surface area contributed by atoms with Crippen molar-refractivity contribution in [2.45, 2.75) is 87.5 Å². The maximum absolute atomic E-state index is 10.5. The maximum Gasteiger partial charge on any atom is 0.303 e. The molecule has 0 amide bonds. The molecule has 2 nitrogen and oxygen atoms in total. The van der Waals surface area contributed by atoms with Gasteiger partial charge in [0.25, 0.3) is 0 Å². The Morgan fingerprint density at radius 1 is 1.04 bits per heavy atom. The predicted molar refractivity (Wildman–Crippen MR) is 97.8 cm³/mol. The van der Waals surface area contributed by atoms with Crippen LogP contribution in [-0.2, 0) is 4.79 Å². The minimum Gasteiger partial charge on any atom is -0.481 e. The van der Waals surface area contributed by atoms with E-state index in [0.29, 0.717) is 6.42 Å². The molecule has 3 heteroatoms. The van der Waals surface area contributed by atoms with Crippen LogP contribution in [0.2, 0.25) is 0 Å². The second-order valence-electron chi connectivity index (χ2n) is 7.85. The number of aliphatic carboxylic acids is 1. The number of allylic oxidation sites excluding steroid dienone is 2. The first-order chi connectivity index (χ1) is 11.2. The van der Waals surface area contributed by atoms with Crippen LogP contribution in [0.3, 0.4) is 0 Å². The number of thioether (sulfide) groups is 1. The Bertz CT molecular complexity index is 414. The smallest absolute Gasteiger partial charge is 0.303 e. The van der Waals surface area contributed by atoms with Gasteiger partial charge in [-0.05, 0) is 69.1 Å². The lowest BCUT2D eigenvalue weighted by atomic mass is 9.86. The van der Waals surface area contributed by atoms with Crippen LogP contribution in [0.15, 0.2) is 12.2 Å². The lowest BCUT2D eigenvalue weighted by molar-refractivity contribution is -0.137. The van der Waals surface area contributed by atoms with Crippen molar-refractivity contribution in [1.82, 2.24) is 0 Å². The second-order valence-corrected chi connectivity index (χ2v) is 9.33. The van der Waals surface area contributed by atoms with Crippen molar-refractivity contribution in [2.75, 3.05) is 0 Å². The number of fused-ring (bicyclic) bond motifs is 2. The van der Waals surface area contributed by atoms with Gasteiger partial charge in [-0.2, -0.15) is 11.8 Å². The first-order valence-corrected chi connectivity index (χ1v) is 10.7. The van der Waals surface area contributed by atoms with E-state index in [1.165, 1.54) is 57.8 Å². The Morgan fingerprint density at radius 3 is 2.61 bits per heavy atom. The van der Waals surface area contributed by atoms with Crippen molar-refractivity contribution in [3.63, 3.8) is 0 Å². The van der Waals surface area contributed by atoms with Crippen molar-refractivity contribution in [1.29, 1.82) is 0 Å². The fourth-order valence-electron chi connectivity index (χ4n) is 5.06. The van der Waals surface area contributed by atoms with Crippen molar-refractivity contribution >= 4 is 17.7 Å². The fourth-order valence-corrected chi connectivity index (χ4v) is 7.12. The molecule has 0 aliphatic heterocycles. The third kappa shape index (κ3) is 4.78. The zero-order valence-corrected chi connectivity index (χ0v) is 15.1. The fraction of sp³-hybridized carbons (Fsp3) is 0.850. The van der Waals surface area contributed by atoms with Crippen LogP contribution in [0.4, 0.5) is 0 Å². The minimum absolute atomic E-state index is 0.304. The summed E-state index contributed by atoms with van der Waals surface area (Å²) >= 11 is 2.36. The number of carboxylic acids is 1. The van der Waals surface area contributed by atoms with E-state index in [4.69, 9.17) is 5.11 Å². The SMILES string of the molecule is O=C(O)CCCC=CC[C@H]1[C@H]2CC[C@H](C2)[C@H]1SC1CCCCC1. The summed E-state index contributed by atoms with van der Waals surface area (Å²) < 4.78 is 0. The highest BCUT2D eigenvalue weighted by Gasteiger charge is 2.47. The van der Waals surface area contributed by atoms with E-state index in [0.717, 1.165) is 41.1 Å². The molecule has 23 heavy (non-hydrogen) atoms. The van der Waals surface area contributed by atoms with E-state index in [1.54, 1.807) is 0 Å². The molecule has 0 radical (unpaired) electrons. The van der Waals surface area contributed by atoms with Gasteiger partial charge in [0.05, 0.1) is 0 Å². The molecule has 3 aliphatic carbocycles. The van der Waals surface area contributed by atoms with Crippen molar-refractivity contribution in [3.05, 3.63) is 12.2 Å². The van der Waals surface area contributed by atoms with E-state index in [2.05, 4.69) is 23.9 Å². The molecular weight excluding hydrogens is 304 g/mol. The average molecular weight is 337 g/mol. The van der Waals surface area contributed by atoms with Crippen LogP contribution in [0.1, 0.15) is 77.0 Å². The van der Waals surface area contributed by atoms with Crippen LogP contribution < -0.4 is 0 Å². The van der Waals surface area contributed by atoms with Gasteiger partial charge in [0, 0.05) is 16.9 Å². The third-order valence-electron chi connectivity index (χ3n) is 6.24. The molecule has 0 aromatic heterocycles. The molecular formula is C20H32O2S. The Balaban J connectivity index is 1.46. The summed E-state index contributed by atoms with van der Waals surface area (Å²) in [6.07, 6.45) is 19.5. The number of hydrogen-bond donors (Lipinski definition) is 1.